The Morgan fingerprint density at radius 1 is 0.952 bits per heavy atom. The van der Waals surface area contributed by atoms with Crippen molar-refractivity contribution in [1.29, 1.82) is 0 Å². The summed E-state index contributed by atoms with van der Waals surface area (Å²) in [6.45, 7) is -0.278. The van der Waals surface area contributed by atoms with E-state index in [9.17, 15) is 24.3 Å². The molecule has 0 saturated heterocycles. The Morgan fingerprint density at radius 2 is 1.29 bits per heavy atom. The molecule has 0 heterocycles. The van der Waals surface area contributed by atoms with Crippen LogP contribution in [0.5, 0.6) is 0 Å². The molecule has 0 fully saturated rings. The predicted molar refractivity (Wildman–Crippen MR) is 51.2 cm³/mol. The maximum Gasteiger partial charge on any atom is 1.00 e. The number of hydrogen-bond donors (Lipinski definition) is 5. The second-order valence-electron chi connectivity index (χ2n) is 3.05. The first-order chi connectivity index (χ1) is 8.05. The fourth-order valence-electron chi connectivity index (χ4n) is 0.703. The second-order valence-corrected chi connectivity index (χ2v) is 3.05. The minimum absolute atomic E-state index is 0. The molecule has 0 aromatic heterocycles. The summed E-state index contributed by atoms with van der Waals surface area (Å²) in [6.07, 6.45) is -2.44. The number of aliphatic carboxylic acids is 4. The summed E-state index contributed by atoms with van der Waals surface area (Å²) in [5.41, 5.74) is 1.77. The van der Waals surface area contributed by atoms with E-state index in [4.69, 9.17) is 20.4 Å². The van der Waals surface area contributed by atoms with E-state index in [0.29, 0.717) is 0 Å². The zero-order chi connectivity index (χ0) is 14.9. The summed E-state index contributed by atoms with van der Waals surface area (Å²) in [5.74, 6) is -6.30. The molecule has 13 heteroatoms. The molecule has 0 amide bonds. The van der Waals surface area contributed by atoms with Gasteiger partial charge in [0.2, 0.25) is 0 Å². The number of carbonyl (C=O) groups is 4. The van der Waals surface area contributed by atoms with Crippen LogP contribution in [0.1, 0.15) is 12.8 Å². The van der Waals surface area contributed by atoms with Crippen molar-refractivity contribution in [1.82, 2.24) is 0 Å². The molecule has 6 N–H and O–H groups in total. The quantitative estimate of drug-likeness (QED) is 0.287. The normalized spacial score (nSPS) is 10.8. The molecule has 0 bridgehead atoms. The van der Waals surface area contributed by atoms with E-state index in [1.54, 1.807) is 0 Å². The summed E-state index contributed by atoms with van der Waals surface area (Å²) in [6, 6.07) is 0. The van der Waals surface area contributed by atoms with Crippen molar-refractivity contribution in [3.8, 4) is 0 Å². The van der Waals surface area contributed by atoms with Gasteiger partial charge in [0.1, 0.15) is 0 Å². The van der Waals surface area contributed by atoms with Gasteiger partial charge in [-0.25, -0.2) is 4.79 Å². The molecule has 1 unspecified atom stereocenters. The van der Waals surface area contributed by atoms with Crippen LogP contribution in [0.2, 0.25) is 0 Å². The number of carboxylic acids is 4. The number of hydrogen-bond acceptors (Lipinski definition) is 7. The van der Waals surface area contributed by atoms with Gasteiger partial charge in [-0.05, 0) is 0 Å². The summed E-state index contributed by atoms with van der Waals surface area (Å²) in [7, 11) is 0. The first-order valence-electron chi connectivity index (χ1n) is 4.34. The third kappa shape index (κ3) is 20.1. The molecule has 0 rings (SSSR count). The molecule has 0 aliphatic rings. The zero-order valence-corrected chi connectivity index (χ0v) is 16.2. The summed E-state index contributed by atoms with van der Waals surface area (Å²) in [4.78, 5) is 39.6. The number of aliphatic hydroxyl groups is 1. The third-order valence-corrected chi connectivity index (χ3v) is 1.45. The summed E-state index contributed by atoms with van der Waals surface area (Å²) in [5, 5.41) is 43.1. The first kappa shape index (κ1) is 32.9. The van der Waals surface area contributed by atoms with Crippen LogP contribution >= 0.6 is 0 Å². The van der Waals surface area contributed by atoms with Gasteiger partial charge < -0.3 is 48.5 Å². The topological polar surface area (TPSA) is 198 Å². The van der Waals surface area contributed by atoms with Crippen LogP contribution < -0.4 is 82.4 Å². The van der Waals surface area contributed by atoms with E-state index in [-0.39, 0.29) is 78.1 Å². The van der Waals surface area contributed by atoms with Crippen molar-refractivity contribution in [3.63, 3.8) is 0 Å². The maximum atomic E-state index is 10.3. The van der Waals surface area contributed by atoms with Crippen molar-refractivity contribution >= 4 is 23.9 Å². The van der Waals surface area contributed by atoms with Crippen LogP contribution in [0.25, 0.3) is 0 Å². The van der Waals surface area contributed by atoms with E-state index in [0.717, 1.165) is 0 Å². The molecule has 0 aromatic carbocycles. The van der Waals surface area contributed by atoms with Crippen molar-refractivity contribution in [2.45, 2.75) is 18.4 Å². The van der Waals surface area contributed by atoms with Crippen molar-refractivity contribution in [3.05, 3.63) is 0 Å². The molecule has 0 aliphatic carbocycles. The van der Waals surface area contributed by atoms with Crippen molar-refractivity contribution in [2.24, 2.45) is 5.73 Å². The Morgan fingerprint density at radius 3 is 1.43 bits per heavy atom. The SMILES string of the molecule is NCC(=O)O.O=C([O-])CC(O)(CC(=O)O)C(=O)O.[Cl-].[Na+].[Na+]. The van der Waals surface area contributed by atoms with Gasteiger partial charge >= 0.3 is 77.0 Å². The van der Waals surface area contributed by atoms with Gasteiger partial charge in [0.05, 0.1) is 13.0 Å². The fourth-order valence-corrected chi connectivity index (χ4v) is 0.703. The van der Waals surface area contributed by atoms with Gasteiger partial charge in [0.15, 0.2) is 5.60 Å². The molecule has 21 heavy (non-hydrogen) atoms. The van der Waals surface area contributed by atoms with E-state index in [1.165, 1.54) is 0 Å². The summed E-state index contributed by atoms with van der Waals surface area (Å²) >= 11 is 0. The van der Waals surface area contributed by atoms with Crippen molar-refractivity contribution < 1.29 is 116 Å². The van der Waals surface area contributed by atoms with Gasteiger partial charge in [-0.2, -0.15) is 0 Å². The van der Waals surface area contributed by atoms with Crippen LogP contribution in [-0.4, -0.2) is 56.4 Å². The monoisotopic (exact) mass is 347 g/mol. The predicted octanol–water partition coefficient (Wildman–Crippen LogP) is -12.5. The van der Waals surface area contributed by atoms with Gasteiger partial charge in [-0.15, -0.1) is 0 Å². The van der Waals surface area contributed by atoms with Gasteiger partial charge in [-0.3, -0.25) is 9.59 Å². The van der Waals surface area contributed by atoms with Crippen LogP contribution in [0, 0.1) is 0 Å². The average molecular weight is 348 g/mol. The third-order valence-electron chi connectivity index (χ3n) is 1.45. The smallest absolute Gasteiger partial charge is 1.00 e. The molecule has 112 valence electrons. The van der Waals surface area contributed by atoms with Gasteiger partial charge in [0, 0.05) is 12.4 Å². The van der Waals surface area contributed by atoms with Crippen molar-refractivity contribution in [2.75, 3.05) is 6.54 Å². The van der Waals surface area contributed by atoms with E-state index < -0.39 is 42.3 Å². The van der Waals surface area contributed by atoms with Gasteiger partial charge in [-0.1, -0.05) is 0 Å². The maximum absolute atomic E-state index is 10.3. The molecule has 0 spiro atoms. The molecular formula is C8H12ClNNa2O9. The van der Waals surface area contributed by atoms with E-state index >= 15 is 0 Å². The Labute approximate surface area is 169 Å². The van der Waals surface area contributed by atoms with Crippen LogP contribution in [0.15, 0.2) is 0 Å². The minimum Gasteiger partial charge on any atom is -1.00 e. The Kier molecular flexibility index (Phi) is 25.8. The molecular weight excluding hydrogens is 336 g/mol. The number of rotatable bonds is 6. The minimum atomic E-state index is -2.80. The molecule has 0 saturated carbocycles. The van der Waals surface area contributed by atoms with Crippen LogP contribution in [0.3, 0.4) is 0 Å². The first-order valence-corrected chi connectivity index (χ1v) is 4.34. The molecule has 0 aliphatic heterocycles. The molecule has 0 radical (unpaired) electrons. The van der Waals surface area contributed by atoms with Gasteiger partial charge in [0.25, 0.3) is 0 Å². The standard InChI is InChI=1S/C6H8O7.C2H5NO2.ClH.2Na/c7-3(8)1-6(13,5(11)12)2-4(9)10;3-1-2(4)5;;;/h13H,1-2H2,(H,7,8)(H,9,10)(H,11,12);1,3H2,(H,4,5);1H;;/q;;;2*+1/p-2. The fraction of sp³-hybridized carbons (Fsp3) is 0.500. The Hall–Kier alpha value is 0.0900. The molecule has 10 nitrogen and oxygen atoms in total. The molecule has 1 atom stereocenters. The average Bonchev–Trinajstić information content (AvgIpc) is 2.15. The second kappa shape index (κ2) is 16.5. The number of nitrogens with two attached hydrogens (primary N) is 1. The van der Waals surface area contributed by atoms with E-state index in [1.807, 2.05) is 0 Å². The van der Waals surface area contributed by atoms with E-state index in [2.05, 4.69) is 5.73 Å². The molecule has 0 aromatic rings. The zero-order valence-electron chi connectivity index (χ0n) is 11.4. The largest absolute Gasteiger partial charge is 1.00 e. The number of halogens is 1. The number of carbonyl (C=O) groups excluding carboxylic acids is 1. The van der Waals surface area contributed by atoms with Crippen LogP contribution in [0.4, 0.5) is 0 Å². The summed E-state index contributed by atoms with van der Waals surface area (Å²) < 4.78 is 0. The number of carboxylic acid groups (broad SMARTS) is 4. The Bertz CT molecular complexity index is 337. The van der Waals surface area contributed by atoms with Crippen LogP contribution in [-0.2, 0) is 19.2 Å². The Balaban J connectivity index is -0.0000000933.